The molecule has 5 heteroatoms. The molecule has 4 rings (SSSR count). The van der Waals surface area contributed by atoms with Gasteiger partial charge in [-0.25, -0.2) is 0 Å². The third-order valence-electron chi connectivity index (χ3n) is 5.98. The SMILES string of the molecule is Cc1cc(C=CC(=O)N2CCc3[nH]ncc3C2)c(C)n1C1CCCCC1. The van der Waals surface area contributed by atoms with Gasteiger partial charge in [-0.15, -0.1) is 0 Å². The number of aromatic amines is 1. The number of hydrogen-bond acceptors (Lipinski definition) is 2. The summed E-state index contributed by atoms with van der Waals surface area (Å²) in [4.78, 5) is 14.5. The summed E-state index contributed by atoms with van der Waals surface area (Å²) in [6.07, 6.45) is 13.0. The quantitative estimate of drug-likeness (QED) is 0.851. The number of amides is 1. The van der Waals surface area contributed by atoms with Crippen molar-refractivity contribution in [2.24, 2.45) is 0 Å². The van der Waals surface area contributed by atoms with Crippen molar-refractivity contribution < 1.29 is 4.79 Å². The number of aryl methyl sites for hydroxylation is 1. The van der Waals surface area contributed by atoms with Crippen molar-refractivity contribution >= 4 is 12.0 Å². The van der Waals surface area contributed by atoms with Gasteiger partial charge in [0.05, 0.1) is 6.20 Å². The van der Waals surface area contributed by atoms with E-state index in [1.165, 1.54) is 49.1 Å². The van der Waals surface area contributed by atoms with Gasteiger partial charge in [0.25, 0.3) is 0 Å². The predicted octanol–water partition coefficient (Wildman–Crippen LogP) is 3.93. The molecule has 0 radical (unpaired) electrons. The maximum absolute atomic E-state index is 12.6. The van der Waals surface area contributed by atoms with Gasteiger partial charge in [-0.1, -0.05) is 19.3 Å². The minimum atomic E-state index is 0.0827. The summed E-state index contributed by atoms with van der Waals surface area (Å²) in [5.41, 5.74) is 6.06. The lowest BCUT2D eigenvalue weighted by molar-refractivity contribution is -0.126. The van der Waals surface area contributed by atoms with Crippen molar-refractivity contribution in [2.75, 3.05) is 6.54 Å². The van der Waals surface area contributed by atoms with Crippen LogP contribution < -0.4 is 0 Å². The molecule has 1 N–H and O–H groups in total. The molecule has 5 nitrogen and oxygen atoms in total. The molecule has 1 aliphatic heterocycles. The number of aromatic nitrogens is 3. The van der Waals surface area contributed by atoms with Gasteiger partial charge in [0.2, 0.25) is 5.91 Å². The monoisotopic (exact) mass is 352 g/mol. The van der Waals surface area contributed by atoms with Gasteiger partial charge in [0.1, 0.15) is 0 Å². The number of carbonyl (C=O) groups is 1. The summed E-state index contributed by atoms with van der Waals surface area (Å²) < 4.78 is 2.49. The number of carbonyl (C=O) groups excluding carboxylic acids is 1. The third-order valence-corrected chi connectivity index (χ3v) is 5.98. The Kier molecular flexibility index (Phi) is 4.70. The molecule has 0 spiro atoms. The van der Waals surface area contributed by atoms with E-state index < -0.39 is 0 Å². The summed E-state index contributed by atoms with van der Waals surface area (Å²) in [6.45, 7) is 5.77. The first-order chi connectivity index (χ1) is 12.6. The van der Waals surface area contributed by atoms with Gasteiger partial charge < -0.3 is 9.47 Å². The van der Waals surface area contributed by atoms with Crippen LogP contribution in [0.3, 0.4) is 0 Å². The minimum absolute atomic E-state index is 0.0827. The molecule has 26 heavy (non-hydrogen) atoms. The first-order valence-electron chi connectivity index (χ1n) is 9.80. The van der Waals surface area contributed by atoms with E-state index in [2.05, 4.69) is 34.7 Å². The van der Waals surface area contributed by atoms with E-state index in [9.17, 15) is 4.79 Å². The number of rotatable bonds is 3. The molecule has 1 saturated carbocycles. The molecule has 2 aromatic rings. The van der Waals surface area contributed by atoms with Gasteiger partial charge in [-0.3, -0.25) is 9.89 Å². The van der Waals surface area contributed by atoms with Crippen molar-refractivity contribution in [3.8, 4) is 0 Å². The number of nitrogens with zero attached hydrogens (tertiary/aromatic N) is 3. The van der Waals surface area contributed by atoms with Gasteiger partial charge in [-0.2, -0.15) is 5.10 Å². The van der Waals surface area contributed by atoms with Crippen molar-refractivity contribution in [3.63, 3.8) is 0 Å². The van der Waals surface area contributed by atoms with Crippen LogP contribution in [0.4, 0.5) is 0 Å². The van der Waals surface area contributed by atoms with Crippen LogP contribution in [0.5, 0.6) is 0 Å². The lowest BCUT2D eigenvalue weighted by Crippen LogP contribution is -2.34. The standard InChI is InChI=1S/C21H28N4O/c1-15-12-17(16(2)25(15)19-6-4-3-5-7-19)8-9-21(26)24-11-10-20-18(14-24)13-22-23-20/h8-9,12-13,19H,3-7,10-11,14H2,1-2H3,(H,22,23). The topological polar surface area (TPSA) is 53.9 Å². The molecule has 2 aliphatic rings. The molecule has 0 aromatic carbocycles. The number of nitrogens with one attached hydrogen (secondary N) is 1. The number of H-pyrrole nitrogens is 1. The first-order valence-corrected chi connectivity index (χ1v) is 9.80. The Hall–Kier alpha value is -2.30. The normalized spacial score (nSPS) is 18.5. The second-order valence-electron chi connectivity index (χ2n) is 7.71. The lowest BCUT2D eigenvalue weighted by Gasteiger charge is -2.26. The predicted molar refractivity (Wildman–Crippen MR) is 103 cm³/mol. The van der Waals surface area contributed by atoms with Crippen LogP contribution in [0.25, 0.3) is 6.08 Å². The zero-order chi connectivity index (χ0) is 18.1. The molecule has 0 unspecified atom stereocenters. The van der Waals surface area contributed by atoms with Crippen LogP contribution in [0.15, 0.2) is 18.3 Å². The first kappa shape index (κ1) is 17.1. The summed E-state index contributed by atoms with van der Waals surface area (Å²) in [5.74, 6) is 0.0827. The maximum atomic E-state index is 12.6. The van der Waals surface area contributed by atoms with Crippen molar-refractivity contribution in [3.05, 3.63) is 46.5 Å². The van der Waals surface area contributed by atoms with Gasteiger partial charge >= 0.3 is 0 Å². The van der Waals surface area contributed by atoms with Gasteiger partial charge in [0.15, 0.2) is 0 Å². The van der Waals surface area contributed by atoms with Crippen LogP contribution in [-0.2, 0) is 17.8 Å². The zero-order valence-corrected chi connectivity index (χ0v) is 15.8. The molecular weight excluding hydrogens is 324 g/mol. The fourth-order valence-corrected chi connectivity index (χ4v) is 4.55. The second-order valence-corrected chi connectivity index (χ2v) is 7.71. The van der Waals surface area contributed by atoms with Crippen LogP contribution in [-0.4, -0.2) is 32.1 Å². The average Bonchev–Trinajstić information content (AvgIpc) is 3.23. The Morgan fingerprint density at radius 1 is 1.27 bits per heavy atom. The van der Waals surface area contributed by atoms with Crippen LogP contribution >= 0.6 is 0 Å². The molecule has 3 heterocycles. The van der Waals surface area contributed by atoms with Gasteiger partial charge in [0, 0.05) is 54.3 Å². The van der Waals surface area contributed by atoms with E-state index in [0.717, 1.165) is 24.2 Å². The average molecular weight is 352 g/mol. The maximum Gasteiger partial charge on any atom is 0.246 e. The highest BCUT2D eigenvalue weighted by atomic mass is 16.2. The fourth-order valence-electron chi connectivity index (χ4n) is 4.55. The summed E-state index contributed by atoms with van der Waals surface area (Å²) >= 11 is 0. The number of hydrogen-bond donors (Lipinski definition) is 1. The van der Waals surface area contributed by atoms with Gasteiger partial charge in [-0.05, 0) is 44.4 Å². The molecule has 1 fully saturated rings. The van der Waals surface area contributed by atoms with Crippen molar-refractivity contribution in [2.45, 2.75) is 65.0 Å². The van der Waals surface area contributed by atoms with E-state index in [-0.39, 0.29) is 5.91 Å². The van der Waals surface area contributed by atoms with Crippen LogP contribution in [0.1, 0.15) is 66.4 Å². The van der Waals surface area contributed by atoms with E-state index in [0.29, 0.717) is 12.6 Å². The second kappa shape index (κ2) is 7.14. The molecule has 138 valence electrons. The van der Waals surface area contributed by atoms with E-state index in [1.807, 2.05) is 17.2 Å². The molecule has 0 saturated heterocycles. The highest BCUT2D eigenvalue weighted by Crippen LogP contribution is 2.32. The lowest BCUT2D eigenvalue weighted by atomic mass is 9.95. The summed E-state index contributed by atoms with van der Waals surface area (Å²) in [5, 5.41) is 7.09. The third kappa shape index (κ3) is 3.22. The fraction of sp³-hybridized carbons (Fsp3) is 0.524. The molecular formula is C21H28N4O. The van der Waals surface area contributed by atoms with Crippen LogP contribution in [0.2, 0.25) is 0 Å². The Morgan fingerprint density at radius 2 is 2.08 bits per heavy atom. The molecule has 2 aromatic heterocycles. The molecule has 0 atom stereocenters. The summed E-state index contributed by atoms with van der Waals surface area (Å²) in [7, 11) is 0. The Morgan fingerprint density at radius 3 is 2.88 bits per heavy atom. The molecule has 1 amide bonds. The Balaban J connectivity index is 1.48. The summed E-state index contributed by atoms with van der Waals surface area (Å²) in [6, 6.07) is 2.85. The van der Waals surface area contributed by atoms with E-state index in [1.54, 1.807) is 6.08 Å². The Labute approximate surface area is 155 Å². The number of fused-ring (bicyclic) bond motifs is 1. The zero-order valence-electron chi connectivity index (χ0n) is 15.8. The highest BCUT2D eigenvalue weighted by molar-refractivity contribution is 5.92. The van der Waals surface area contributed by atoms with E-state index in [4.69, 9.17) is 0 Å². The Bertz CT molecular complexity index is 823. The van der Waals surface area contributed by atoms with E-state index >= 15 is 0 Å². The molecule has 0 bridgehead atoms. The van der Waals surface area contributed by atoms with Crippen LogP contribution in [0, 0.1) is 13.8 Å². The van der Waals surface area contributed by atoms with Crippen molar-refractivity contribution in [1.29, 1.82) is 0 Å². The minimum Gasteiger partial charge on any atom is -0.346 e. The highest BCUT2D eigenvalue weighted by Gasteiger charge is 2.21. The van der Waals surface area contributed by atoms with Crippen molar-refractivity contribution in [1.82, 2.24) is 19.7 Å². The molecule has 1 aliphatic carbocycles. The largest absolute Gasteiger partial charge is 0.346 e. The smallest absolute Gasteiger partial charge is 0.246 e.